The maximum atomic E-state index is 12.7. The van der Waals surface area contributed by atoms with Crippen LogP contribution in [0.1, 0.15) is 56.2 Å². The molecule has 1 amide bonds. The number of fused-ring (bicyclic) bond motifs is 1. The molecule has 3 heteroatoms. The van der Waals surface area contributed by atoms with Crippen molar-refractivity contribution in [1.29, 1.82) is 0 Å². The predicted molar refractivity (Wildman–Crippen MR) is 83.9 cm³/mol. The first-order valence-corrected chi connectivity index (χ1v) is 7.96. The molecule has 0 radical (unpaired) electrons. The highest BCUT2D eigenvalue weighted by atomic mass is 16.2. The van der Waals surface area contributed by atoms with Crippen molar-refractivity contribution in [1.82, 2.24) is 4.98 Å². The largest absolute Gasteiger partial charge is 0.324 e. The quantitative estimate of drug-likeness (QED) is 0.862. The van der Waals surface area contributed by atoms with Gasteiger partial charge in [-0.25, -0.2) is 0 Å². The Balaban J connectivity index is 1.76. The highest BCUT2D eigenvalue weighted by Crippen LogP contribution is 2.40. The van der Waals surface area contributed by atoms with Gasteiger partial charge < -0.3 is 5.32 Å². The zero-order valence-electron chi connectivity index (χ0n) is 12.5. The Morgan fingerprint density at radius 2 is 2.10 bits per heavy atom. The van der Waals surface area contributed by atoms with Crippen molar-refractivity contribution in [3.8, 4) is 12.3 Å². The van der Waals surface area contributed by atoms with E-state index in [2.05, 4.69) is 22.3 Å². The summed E-state index contributed by atoms with van der Waals surface area (Å²) in [4.78, 5) is 17.2. The van der Waals surface area contributed by atoms with Crippen molar-refractivity contribution in [3.05, 3.63) is 23.5 Å². The summed E-state index contributed by atoms with van der Waals surface area (Å²) in [6.07, 6.45) is 16.3. The zero-order valence-corrected chi connectivity index (χ0v) is 12.5. The molecule has 1 N–H and O–H groups in total. The molecule has 110 valence electrons. The van der Waals surface area contributed by atoms with Gasteiger partial charge in [-0.1, -0.05) is 19.3 Å². The Kier molecular flexibility index (Phi) is 3.96. The molecule has 1 aromatic rings. The number of nitrogens with zero attached hydrogens (tertiary/aromatic N) is 1. The van der Waals surface area contributed by atoms with Crippen molar-refractivity contribution in [2.24, 2.45) is 5.41 Å². The summed E-state index contributed by atoms with van der Waals surface area (Å²) in [5.41, 5.74) is 2.92. The van der Waals surface area contributed by atoms with E-state index in [0.717, 1.165) is 44.2 Å². The Morgan fingerprint density at radius 1 is 1.29 bits per heavy atom. The number of carbonyl (C=O) groups excluding carboxylic acids is 1. The molecular weight excluding hydrogens is 260 g/mol. The van der Waals surface area contributed by atoms with Crippen molar-refractivity contribution in [3.63, 3.8) is 0 Å². The van der Waals surface area contributed by atoms with Gasteiger partial charge >= 0.3 is 0 Å². The molecule has 2 aliphatic carbocycles. The van der Waals surface area contributed by atoms with Gasteiger partial charge in [0.25, 0.3) is 0 Å². The van der Waals surface area contributed by atoms with Crippen molar-refractivity contribution in [2.45, 2.75) is 57.8 Å². The Labute approximate surface area is 126 Å². The van der Waals surface area contributed by atoms with Crippen LogP contribution in [0.5, 0.6) is 0 Å². The van der Waals surface area contributed by atoms with E-state index in [1.165, 1.54) is 24.1 Å². The number of rotatable bonds is 3. The average Bonchev–Trinajstić information content (AvgIpc) is 2.96. The number of anilines is 1. The van der Waals surface area contributed by atoms with Crippen LogP contribution in [-0.2, 0) is 17.6 Å². The topological polar surface area (TPSA) is 42.0 Å². The number of amides is 1. The van der Waals surface area contributed by atoms with E-state index in [-0.39, 0.29) is 11.3 Å². The first kappa shape index (κ1) is 14.1. The number of terminal acetylenes is 1. The monoisotopic (exact) mass is 282 g/mol. The van der Waals surface area contributed by atoms with E-state index >= 15 is 0 Å². The van der Waals surface area contributed by atoms with Crippen LogP contribution in [-0.4, -0.2) is 10.9 Å². The van der Waals surface area contributed by atoms with Crippen molar-refractivity contribution in [2.75, 3.05) is 5.32 Å². The lowest BCUT2D eigenvalue weighted by molar-refractivity contribution is -0.127. The maximum Gasteiger partial charge on any atom is 0.231 e. The zero-order chi connectivity index (χ0) is 14.7. The molecule has 0 unspecified atom stereocenters. The minimum Gasteiger partial charge on any atom is -0.324 e. The van der Waals surface area contributed by atoms with Gasteiger partial charge in [0.2, 0.25) is 5.91 Å². The van der Waals surface area contributed by atoms with Crippen LogP contribution in [0.3, 0.4) is 0 Å². The second-order valence-electron chi connectivity index (χ2n) is 6.36. The van der Waals surface area contributed by atoms with E-state index in [9.17, 15) is 4.79 Å². The Morgan fingerprint density at radius 3 is 2.86 bits per heavy atom. The SMILES string of the molecule is C#CCC1(C(=O)Nc2cnc3c(c2)CCC3)CCCCC1. The lowest BCUT2D eigenvalue weighted by Gasteiger charge is -2.34. The van der Waals surface area contributed by atoms with Gasteiger partial charge in [-0.3, -0.25) is 9.78 Å². The molecule has 0 bridgehead atoms. The molecule has 3 nitrogen and oxygen atoms in total. The highest BCUT2D eigenvalue weighted by molar-refractivity contribution is 5.95. The Bertz CT molecular complexity index is 579. The highest BCUT2D eigenvalue weighted by Gasteiger charge is 2.38. The van der Waals surface area contributed by atoms with Crippen LogP contribution in [0.2, 0.25) is 0 Å². The summed E-state index contributed by atoms with van der Waals surface area (Å²) in [5, 5.41) is 3.07. The van der Waals surface area contributed by atoms with Crippen LogP contribution >= 0.6 is 0 Å². The maximum absolute atomic E-state index is 12.7. The van der Waals surface area contributed by atoms with E-state index in [0.29, 0.717) is 6.42 Å². The fourth-order valence-corrected chi connectivity index (χ4v) is 3.67. The van der Waals surface area contributed by atoms with Crippen LogP contribution in [0.15, 0.2) is 12.3 Å². The third-order valence-corrected chi connectivity index (χ3v) is 4.91. The molecule has 1 fully saturated rings. The van der Waals surface area contributed by atoms with E-state index in [4.69, 9.17) is 6.42 Å². The van der Waals surface area contributed by atoms with Gasteiger partial charge in [0.05, 0.1) is 17.3 Å². The standard InChI is InChI=1S/C18H22N2O/c1-2-9-18(10-4-3-5-11-18)17(21)20-15-12-14-7-6-8-16(14)19-13-15/h1,12-13H,3-11H2,(H,20,21). The lowest BCUT2D eigenvalue weighted by atomic mass is 9.71. The molecule has 0 spiro atoms. The smallest absolute Gasteiger partial charge is 0.231 e. The van der Waals surface area contributed by atoms with Crippen LogP contribution in [0.25, 0.3) is 0 Å². The number of pyridine rings is 1. The first-order valence-electron chi connectivity index (χ1n) is 7.96. The number of hydrogen-bond donors (Lipinski definition) is 1. The minimum absolute atomic E-state index is 0.0832. The molecule has 1 aromatic heterocycles. The van der Waals surface area contributed by atoms with Gasteiger partial charge in [0.15, 0.2) is 0 Å². The molecule has 1 heterocycles. The van der Waals surface area contributed by atoms with E-state index in [1.807, 2.05) is 0 Å². The third kappa shape index (κ3) is 2.81. The third-order valence-electron chi connectivity index (χ3n) is 4.91. The van der Waals surface area contributed by atoms with Crippen molar-refractivity contribution >= 4 is 11.6 Å². The van der Waals surface area contributed by atoms with Gasteiger partial charge in [0.1, 0.15) is 0 Å². The van der Waals surface area contributed by atoms with E-state index in [1.54, 1.807) is 6.20 Å². The number of nitrogens with one attached hydrogen (secondary N) is 1. The summed E-state index contributed by atoms with van der Waals surface area (Å²) in [6.45, 7) is 0. The summed E-state index contributed by atoms with van der Waals surface area (Å²) in [7, 11) is 0. The molecule has 0 atom stereocenters. The summed E-state index contributed by atoms with van der Waals surface area (Å²) >= 11 is 0. The second-order valence-corrected chi connectivity index (χ2v) is 6.36. The molecule has 0 aliphatic heterocycles. The fourth-order valence-electron chi connectivity index (χ4n) is 3.67. The molecular formula is C18H22N2O. The average molecular weight is 282 g/mol. The van der Waals surface area contributed by atoms with Crippen LogP contribution in [0.4, 0.5) is 5.69 Å². The molecule has 0 saturated heterocycles. The summed E-state index contributed by atoms with van der Waals surface area (Å²) < 4.78 is 0. The van der Waals surface area contributed by atoms with Gasteiger partial charge in [-0.2, -0.15) is 0 Å². The van der Waals surface area contributed by atoms with Gasteiger partial charge in [-0.05, 0) is 43.7 Å². The first-order chi connectivity index (χ1) is 10.2. The molecule has 21 heavy (non-hydrogen) atoms. The van der Waals surface area contributed by atoms with Gasteiger partial charge in [0, 0.05) is 12.1 Å². The van der Waals surface area contributed by atoms with E-state index < -0.39 is 0 Å². The predicted octanol–water partition coefficient (Wildman–Crippen LogP) is 3.48. The normalized spacial score (nSPS) is 19.6. The summed E-state index contributed by atoms with van der Waals surface area (Å²) in [5.74, 6) is 2.79. The molecule has 3 rings (SSSR count). The number of hydrogen-bond acceptors (Lipinski definition) is 2. The van der Waals surface area contributed by atoms with Gasteiger partial charge in [-0.15, -0.1) is 12.3 Å². The number of carbonyl (C=O) groups is 1. The number of aromatic nitrogens is 1. The summed E-state index contributed by atoms with van der Waals surface area (Å²) in [6, 6.07) is 2.08. The minimum atomic E-state index is -0.369. The molecule has 1 saturated carbocycles. The Hall–Kier alpha value is -1.82. The van der Waals surface area contributed by atoms with Crippen LogP contribution in [0, 0.1) is 17.8 Å². The number of aryl methyl sites for hydroxylation is 2. The van der Waals surface area contributed by atoms with Crippen molar-refractivity contribution < 1.29 is 4.79 Å². The molecule has 2 aliphatic rings. The lowest BCUT2D eigenvalue weighted by Crippen LogP contribution is -2.37. The second kappa shape index (κ2) is 5.89. The van der Waals surface area contributed by atoms with Crippen LogP contribution < -0.4 is 5.32 Å². The fraction of sp³-hybridized carbons (Fsp3) is 0.556. The molecule has 0 aromatic carbocycles.